The van der Waals surface area contributed by atoms with Gasteiger partial charge in [-0.15, -0.1) is 0 Å². The highest BCUT2D eigenvalue weighted by Crippen LogP contribution is 2.08. The van der Waals surface area contributed by atoms with Gasteiger partial charge in [0.2, 0.25) is 0 Å². The van der Waals surface area contributed by atoms with Crippen molar-refractivity contribution in [2.75, 3.05) is 6.54 Å². The van der Waals surface area contributed by atoms with E-state index in [0.717, 1.165) is 18.7 Å². The molecule has 0 aliphatic heterocycles. The van der Waals surface area contributed by atoms with E-state index in [1.807, 2.05) is 4.57 Å². The second-order valence-electron chi connectivity index (χ2n) is 3.55. The van der Waals surface area contributed by atoms with Gasteiger partial charge in [0.1, 0.15) is 0 Å². The average molecular weight is 211 g/mol. The molecule has 5 heteroatoms. The Kier molecular flexibility index (Phi) is 4.30. The first kappa shape index (κ1) is 11.7. The number of hydrogen-bond acceptors (Lipinski definition) is 3. The summed E-state index contributed by atoms with van der Waals surface area (Å²) in [6.45, 7) is 3.10. The molecule has 5 nitrogen and oxygen atoms in total. The second-order valence-corrected chi connectivity index (χ2v) is 3.55. The van der Waals surface area contributed by atoms with Crippen LogP contribution in [0.2, 0.25) is 0 Å². The van der Waals surface area contributed by atoms with Crippen molar-refractivity contribution < 1.29 is 9.90 Å². The summed E-state index contributed by atoms with van der Waals surface area (Å²) in [5.74, 6) is -1.36. The molecule has 1 heterocycles. The van der Waals surface area contributed by atoms with E-state index in [1.54, 1.807) is 12.5 Å². The predicted molar refractivity (Wildman–Crippen MR) is 56.4 cm³/mol. The Bertz CT molecular complexity index is 322. The van der Waals surface area contributed by atoms with Crippen molar-refractivity contribution in [2.45, 2.75) is 26.3 Å². The number of aromatic nitrogens is 2. The normalized spacial score (nSPS) is 12.7. The molecule has 15 heavy (non-hydrogen) atoms. The number of imidazole rings is 1. The summed E-state index contributed by atoms with van der Waals surface area (Å²) in [7, 11) is 0. The van der Waals surface area contributed by atoms with Crippen LogP contribution in [0.1, 0.15) is 19.0 Å². The summed E-state index contributed by atoms with van der Waals surface area (Å²) in [6, 6.07) is 0. The fraction of sp³-hybridized carbons (Fsp3) is 0.600. The first-order chi connectivity index (χ1) is 7.19. The maximum atomic E-state index is 10.8. The summed E-state index contributed by atoms with van der Waals surface area (Å²) in [6.07, 6.45) is 4.89. The molecule has 0 saturated carbocycles. The quantitative estimate of drug-likeness (QED) is 0.717. The zero-order valence-electron chi connectivity index (χ0n) is 8.89. The number of aliphatic carboxylic acids is 1. The number of nitrogens with zero attached hydrogens (tertiary/aromatic N) is 2. The molecule has 0 aliphatic rings. The van der Waals surface area contributed by atoms with Gasteiger partial charge in [0.25, 0.3) is 0 Å². The van der Waals surface area contributed by atoms with Crippen LogP contribution in [-0.2, 0) is 17.8 Å². The van der Waals surface area contributed by atoms with Gasteiger partial charge < -0.3 is 15.4 Å². The van der Waals surface area contributed by atoms with Gasteiger partial charge in [0, 0.05) is 31.4 Å². The maximum Gasteiger partial charge on any atom is 0.308 e. The lowest BCUT2D eigenvalue weighted by molar-refractivity contribution is -0.141. The van der Waals surface area contributed by atoms with Gasteiger partial charge in [-0.2, -0.15) is 0 Å². The smallest absolute Gasteiger partial charge is 0.308 e. The molecule has 1 unspecified atom stereocenters. The molecule has 0 radical (unpaired) electrons. The van der Waals surface area contributed by atoms with Crippen molar-refractivity contribution in [3.05, 3.63) is 18.2 Å². The number of aryl methyl sites for hydroxylation is 1. The average Bonchev–Trinajstić information content (AvgIpc) is 2.62. The monoisotopic (exact) mass is 211 g/mol. The van der Waals surface area contributed by atoms with Gasteiger partial charge >= 0.3 is 5.97 Å². The molecule has 0 bridgehead atoms. The number of nitrogens with two attached hydrogens (primary N) is 1. The summed E-state index contributed by atoms with van der Waals surface area (Å²) in [5.41, 5.74) is 6.34. The molecular formula is C10H17N3O2. The molecule has 0 saturated heterocycles. The first-order valence-corrected chi connectivity index (χ1v) is 5.10. The largest absolute Gasteiger partial charge is 0.481 e. The van der Waals surface area contributed by atoms with E-state index in [2.05, 4.69) is 11.9 Å². The minimum Gasteiger partial charge on any atom is -0.481 e. The van der Waals surface area contributed by atoms with Gasteiger partial charge in [-0.3, -0.25) is 4.79 Å². The predicted octanol–water partition coefficient (Wildman–Crippen LogP) is 0.495. The molecule has 1 atom stereocenters. The van der Waals surface area contributed by atoms with Gasteiger partial charge in [-0.1, -0.05) is 6.92 Å². The lowest BCUT2D eigenvalue weighted by Gasteiger charge is -2.11. The zero-order chi connectivity index (χ0) is 11.3. The second kappa shape index (κ2) is 5.50. The fourth-order valence-electron chi connectivity index (χ4n) is 1.48. The van der Waals surface area contributed by atoms with E-state index >= 15 is 0 Å². The van der Waals surface area contributed by atoms with Crippen LogP contribution in [0.3, 0.4) is 0 Å². The number of rotatable bonds is 6. The van der Waals surface area contributed by atoms with Crippen LogP contribution in [0.4, 0.5) is 0 Å². The molecule has 84 valence electrons. The van der Waals surface area contributed by atoms with Crippen molar-refractivity contribution in [3.8, 4) is 0 Å². The van der Waals surface area contributed by atoms with Crippen LogP contribution in [0, 0.1) is 5.92 Å². The first-order valence-electron chi connectivity index (χ1n) is 5.10. The summed E-state index contributed by atoms with van der Waals surface area (Å²) in [4.78, 5) is 14.8. The molecule has 0 aromatic carbocycles. The topological polar surface area (TPSA) is 81.1 Å². The van der Waals surface area contributed by atoms with Gasteiger partial charge in [0.05, 0.1) is 12.2 Å². The third-order valence-corrected chi connectivity index (χ3v) is 2.35. The van der Waals surface area contributed by atoms with Crippen LogP contribution < -0.4 is 5.73 Å². The van der Waals surface area contributed by atoms with Gasteiger partial charge in [-0.25, -0.2) is 4.98 Å². The van der Waals surface area contributed by atoms with E-state index in [4.69, 9.17) is 10.8 Å². The molecule has 0 spiro atoms. The Morgan fingerprint density at radius 2 is 2.47 bits per heavy atom. The van der Waals surface area contributed by atoms with E-state index in [9.17, 15) is 4.79 Å². The maximum absolute atomic E-state index is 10.8. The Morgan fingerprint density at radius 1 is 1.73 bits per heavy atom. The van der Waals surface area contributed by atoms with E-state index in [-0.39, 0.29) is 6.54 Å². The van der Waals surface area contributed by atoms with Crippen LogP contribution >= 0.6 is 0 Å². The molecule has 0 aliphatic carbocycles. The molecular weight excluding hydrogens is 194 g/mol. The standard InChI is InChI=1S/C10H17N3O2/c1-2-3-13-7-12-6-9(13)4-8(5-11)10(14)15/h6-8H,2-5,11H2,1H3,(H,14,15). The van der Waals surface area contributed by atoms with Gasteiger partial charge in [0.15, 0.2) is 0 Å². The van der Waals surface area contributed by atoms with Gasteiger partial charge in [-0.05, 0) is 6.42 Å². The van der Waals surface area contributed by atoms with Crippen molar-refractivity contribution in [1.82, 2.24) is 9.55 Å². The molecule has 3 N–H and O–H groups in total. The highest BCUT2D eigenvalue weighted by Gasteiger charge is 2.17. The Balaban J connectivity index is 2.69. The highest BCUT2D eigenvalue weighted by atomic mass is 16.4. The summed E-state index contributed by atoms with van der Waals surface area (Å²) < 4.78 is 1.98. The summed E-state index contributed by atoms with van der Waals surface area (Å²) >= 11 is 0. The highest BCUT2D eigenvalue weighted by molar-refractivity contribution is 5.70. The third-order valence-electron chi connectivity index (χ3n) is 2.35. The lowest BCUT2D eigenvalue weighted by Crippen LogP contribution is -2.26. The SMILES string of the molecule is CCCn1cncc1CC(CN)C(=O)O. The van der Waals surface area contributed by atoms with Crippen LogP contribution in [-0.4, -0.2) is 27.2 Å². The minimum atomic E-state index is -0.846. The Hall–Kier alpha value is -1.36. The fourth-order valence-corrected chi connectivity index (χ4v) is 1.48. The van der Waals surface area contributed by atoms with Crippen molar-refractivity contribution >= 4 is 5.97 Å². The molecule has 1 aromatic rings. The zero-order valence-corrected chi connectivity index (χ0v) is 8.89. The number of hydrogen-bond donors (Lipinski definition) is 2. The Labute approximate surface area is 88.9 Å². The molecule has 1 rings (SSSR count). The van der Waals surface area contributed by atoms with Crippen molar-refractivity contribution in [1.29, 1.82) is 0 Å². The number of carbonyl (C=O) groups is 1. The molecule has 0 fully saturated rings. The number of carboxylic acid groups (broad SMARTS) is 1. The van der Waals surface area contributed by atoms with Crippen LogP contribution in [0.5, 0.6) is 0 Å². The minimum absolute atomic E-state index is 0.159. The van der Waals surface area contributed by atoms with Crippen molar-refractivity contribution in [3.63, 3.8) is 0 Å². The summed E-state index contributed by atoms with van der Waals surface area (Å²) in [5, 5.41) is 8.88. The van der Waals surface area contributed by atoms with E-state index < -0.39 is 11.9 Å². The van der Waals surface area contributed by atoms with Crippen LogP contribution in [0.15, 0.2) is 12.5 Å². The molecule has 0 amide bonds. The van der Waals surface area contributed by atoms with E-state index in [1.165, 1.54) is 0 Å². The van der Waals surface area contributed by atoms with Crippen molar-refractivity contribution in [2.24, 2.45) is 11.7 Å². The number of carboxylic acids is 1. The van der Waals surface area contributed by atoms with Crippen LogP contribution in [0.25, 0.3) is 0 Å². The lowest BCUT2D eigenvalue weighted by atomic mass is 10.0. The van der Waals surface area contributed by atoms with E-state index in [0.29, 0.717) is 6.42 Å². The Morgan fingerprint density at radius 3 is 3.00 bits per heavy atom. The molecule has 1 aromatic heterocycles. The third kappa shape index (κ3) is 3.06.